The zero-order valence-corrected chi connectivity index (χ0v) is 15.2. The minimum atomic E-state index is -0.798. The van der Waals surface area contributed by atoms with Gasteiger partial charge in [-0.15, -0.1) is 0 Å². The van der Waals surface area contributed by atoms with Crippen LogP contribution in [0.5, 0.6) is 5.75 Å². The van der Waals surface area contributed by atoms with E-state index in [1.54, 1.807) is 38.3 Å². The van der Waals surface area contributed by atoms with Crippen LogP contribution in [-0.2, 0) is 24.1 Å². The van der Waals surface area contributed by atoms with Gasteiger partial charge in [0.15, 0.2) is 0 Å². The second-order valence-electron chi connectivity index (χ2n) is 5.99. The molecule has 2 aromatic rings. The molecule has 0 aliphatic carbocycles. The molecule has 0 aliphatic heterocycles. The highest BCUT2D eigenvalue weighted by Gasteiger charge is 2.21. The van der Waals surface area contributed by atoms with Crippen molar-refractivity contribution in [2.24, 2.45) is 0 Å². The maximum Gasteiger partial charge on any atom is 0.224 e. The van der Waals surface area contributed by atoms with Gasteiger partial charge in [-0.3, -0.25) is 4.79 Å². The number of nitrogens with zero attached hydrogens (tertiary/aromatic N) is 1. The molecule has 2 rings (SSSR count). The topological polar surface area (TPSA) is 84.6 Å². The molecule has 0 aliphatic rings. The fraction of sp³-hybridized carbons (Fsp3) is 0.474. The molecule has 0 saturated carbocycles. The Morgan fingerprint density at radius 2 is 1.96 bits per heavy atom. The van der Waals surface area contributed by atoms with E-state index < -0.39 is 12.1 Å². The lowest BCUT2D eigenvalue weighted by Crippen LogP contribution is -2.38. The van der Waals surface area contributed by atoms with E-state index in [2.05, 4.69) is 10.5 Å². The van der Waals surface area contributed by atoms with Gasteiger partial charge in [-0.05, 0) is 31.0 Å². The third kappa shape index (κ3) is 4.60. The summed E-state index contributed by atoms with van der Waals surface area (Å²) in [5.74, 6) is 1.31. The molecule has 2 unspecified atom stereocenters. The Morgan fingerprint density at radius 1 is 1.28 bits per heavy atom. The molecule has 25 heavy (non-hydrogen) atoms. The van der Waals surface area contributed by atoms with Crippen molar-refractivity contribution >= 4 is 5.91 Å². The lowest BCUT2D eigenvalue weighted by Gasteiger charge is -2.21. The summed E-state index contributed by atoms with van der Waals surface area (Å²) in [4.78, 5) is 12.4. The summed E-state index contributed by atoms with van der Waals surface area (Å²) in [5, 5.41) is 17.3. The van der Waals surface area contributed by atoms with E-state index in [1.165, 1.54) is 0 Å². The second kappa shape index (κ2) is 8.67. The van der Waals surface area contributed by atoms with E-state index in [0.29, 0.717) is 6.42 Å². The van der Waals surface area contributed by atoms with Crippen molar-refractivity contribution in [2.75, 3.05) is 7.11 Å². The van der Waals surface area contributed by atoms with E-state index in [4.69, 9.17) is 9.26 Å². The summed E-state index contributed by atoms with van der Waals surface area (Å²) in [5.41, 5.74) is 2.39. The number of benzene rings is 1. The molecule has 0 saturated heterocycles. The first kappa shape index (κ1) is 19.0. The Morgan fingerprint density at radius 3 is 2.52 bits per heavy atom. The molecule has 1 heterocycles. The molecule has 1 aromatic heterocycles. The molecule has 0 bridgehead atoms. The molecular formula is C19H26N2O4. The van der Waals surface area contributed by atoms with Crippen LogP contribution >= 0.6 is 0 Å². The van der Waals surface area contributed by atoms with Crippen LogP contribution < -0.4 is 10.1 Å². The number of aryl methyl sites for hydroxylation is 2. The first-order chi connectivity index (χ1) is 12.0. The van der Waals surface area contributed by atoms with Crippen LogP contribution in [0, 0.1) is 0 Å². The fourth-order valence-corrected chi connectivity index (χ4v) is 2.77. The van der Waals surface area contributed by atoms with Gasteiger partial charge in [-0.25, -0.2) is 0 Å². The number of aromatic nitrogens is 1. The van der Waals surface area contributed by atoms with Crippen LogP contribution in [0.25, 0.3) is 0 Å². The molecule has 6 nitrogen and oxygen atoms in total. The van der Waals surface area contributed by atoms with Crippen LogP contribution in [0.3, 0.4) is 0 Å². The number of rotatable bonds is 8. The van der Waals surface area contributed by atoms with Gasteiger partial charge >= 0.3 is 0 Å². The van der Waals surface area contributed by atoms with Crippen LogP contribution in [0.2, 0.25) is 0 Å². The van der Waals surface area contributed by atoms with E-state index >= 15 is 0 Å². The molecule has 1 amide bonds. The Bertz CT molecular complexity index is 672. The smallest absolute Gasteiger partial charge is 0.224 e. The lowest BCUT2D eigenvalue weighted by atomic mass is 10.0. The molecule has 1 aromatic carbocycles. The van der Waals surface area contributed by atoms with Crippen molar-refractivity contribution in [3.05, 3.63) is 46.8 Å². The maximum absolute atomic E-state index is 12.4. The summed E-state index contributed by atoms with van der Waals surface area (Å²) >= 11 is 0. The van der Waals surface area contributed by atoms with Gasteiger partial charge in [0.2, 0.25) is 5.91 Å². The molecular weight excluding hydrogens is 320 g/mol. The quantitative estimate of drug-likeness (QED) is 0.767. The highest BCUT2D eigenvalue weighted by molar-refractivity contribution is 5.79. The Balaban J connectivity index is 2.00. The number of nitrogens with one attached hydrogen (secondary N) is 1. The van der Waals surface area contributed by atoms with E-state index in [0.717, 1.165) is 34.8 Å². The molecule has 0 fully saturated rings. The van der Waals surface area contributed by atoms with Crippen molar-refractivity contribution in [3.63, 3.8) is 0 Å². The first-order valence-electron chi connectivity index (χ1n) is 8.57. The summed E-state index contributed by atoms with van der Waals surface area (Å²) in [6, 6.07) is 6.72. The van der Waals surface area contributed by atoms with E-state index in [9.17, 15) is 9.90 Å². The van der Waals surface area contributed by atoms with Gasteiger partial charge in [0.1, 0.15) is 11.5 Å². The van der Waals surface area contributed by atoms with Gasteiger partial charge in [-0.1, -0.05) is 31.1 Å². The minimum absolute atomic E-state index is 0.160. The second-order valence-corrected chi connectivity index (χ2v) is 5.99. The number of carbonyl (C=O) groups excluding carboxylic acids is 1. The third-order valence-electron chi connectivity index (χ3n) is 4.26. The van der Waals surface area contributed by atoms with Crippen LogP contribution in [0.4, 0.5) is 0 Å². The van der Waals surface area contributed by atoms with Crippen LogP contribution in [0.15, 0.2) is 28.8 Å². The third-order valence-corrected chi connectivity index (χ3v) is 4.26. The Kier molecular flexibility index (Phi) is 6.58. The lowest BCUT2D eigenvalue weighted by molar-refractivity contribution is -0.121. The number of carbonyl (C=O) groups is 1. The Hall–Kier alpha value is -2.34. The van der Waals surface area contributed by atoms with Crippen molar-refractivity contribution in [3.8, 4) is 5.75 Å². The number of hydrogen-bond acceptors (Lipinski definition) is 5. The zero-order chi connectivity index (χ0) is 18.4. The van der Waals surface area contributed by atoms with Gasteiger partial charge in [0.25, 0.3) is 0 Å². The van der Waals surface area contributed by atoms with Crippen molar-refractivity contribution in [1.29, 1.82) is 0 Å². The van der Waals surface area contributed by atoms with Crippen molar-refractivity contribution in [2.45, 2.75) is 52.2 Å². The average molecular weight is 346 g/mol. The number of aliphatic hydroxyl groups excluding tert-OH is 1. The number of amides is 1. The molecule has 0 spiro atoms. The number of aliphatic hydroxyl groups is 1. The Labute approximate surface area is 148 Å². The van der Waals surface area contributed by atoms with Crippen LogP contribution in [0.1, 0.15) is 49.5 Å². The molecule has 2 N–H and O–H groups in total. The minimum Gasteiger partial charge on any atom is -0.497 e. The fourth-order valence-electron chi connectivity index (χ4n) is 2.77. The predicted molar refractivity (Wildman–Crippen MR) is 94.5 cm³/mol. The normalized spacial score (nSPS) is 13.3. The van der Waals surface area contributed by atoms with E-state index in [-0.39, 0.29) is 12.3 Å². The highest BCUT2D eigenvalue weighted by Crippen LogP contribution is 2.21. The number of hydrogen-bond donors (Lipinski definition) is 2. The summed E-state index contributed by atoms with van der Waals surface area (Å²) in [6.45, 7) is 5.73. The van der Waals surface area contributed by atoms with Crippen LogP contribution in [-0.4, -0.2) is 29.3 Å². The monoisotopic (exact) mass is 346 g/mol. The maximum atomic E-state index is 12.4. The van der Waals surface area contributed by atoms with Crippen molar-refractivity contribution in [1.82, 2.24) is 10.5 Å². The summed E-state index contributed by atoms with van der Waals surface area (Å²) in [6.07, 6.45) is 0.819. The molecule has 6 heteroatoms. The average Bonchev–Trinajstić information content (AvgIpc) is 3.02. The van der Waals surface area contributed by atoms with Gasteiger partial charge < -0.3 is 19.7 Å². The first-order valence-corrected chi connectivity index (χ1v) is 8.57. The molecule has 0 radical (unpaired) electrons. The number of methoxy groups -OCH3 is 1. The standard InChI is InChI=1S/C19H26N2O4/c1-5-16-15(17(6-2)25-21-16)11-18(22)20-12(3)19(23)13-7-9-14(24-4)10-8-13/h7-10,12,19,23H,5-6,11H2,1-4H3,(H,20,22). The van der Waals surface area contributed by atoms with Gasteiger partial charge in [-0.2, -0.15) is 0 Å². The summed E-state index contributed by atoms with van der Waals surface area (Å²) in [7, 11) is 1.59. The van der Waals surface area contributed by atoms with Gasteiger partial charge in [0, 0.05) is 12.0 Å². The summed E-state index contributed by atoms with van der Waals surface area (Å²) < 4.78 is 10.4. The molecule has 136 valence electrons. The molecule has 2 atom stereocenters. The zero-order valence-electron chi connectivity index (χ0n) is 15.2. The van der Waals surface area contributed by atoms with Gasteiger partial charge in [0.05, 0.1) is 31.4 Å². The highest BCUT2D eigenvalue weighted by atomic mass is 16.5. The number of ether oxygens (including phenoxy) is 1. The van der Waals surface area contributed by atoms with E-state index in [1.807, 2.05) is 13.8 Å². The SMILES string of the molecule is CCc1noc(CC)c1CC(=O)NC(C)C(O)c1ccc(OC)cc1. The largest absolute Gasteiger partial charge is 0.497 e. The predicted octanol–water partition coefficient (Wildman–Crippen LogP) is 2.59. The van der Waals surface area contributed by atoms with Crippen molar-refractivity contribution < 1.29 is 19.2 Å².